The second kappa shape index (κ2) is 9.02. The van der Waals surface area contributed by atoms with Gasteiger partial charge in [0.15, 0.2) is 0 Å². The normalized spacial score (nSPS) is 11.3. The van der Waals surface area contributed by atoms with E-state index in [4.69, 9.17) is 9.47 Å². The first-order valence-electron chi connectivity index (χ1n) is 6.41. The third kappa shape index (κ3) is 6.68. The Hall–Kier alpha value is -0.980. The van der Waals surface area contributed by atoms with E-state index < -0.39 is 0 Å². The summed E-state index contributed by atoms with van der Waals surface area (Å²) >= 11 is 0. The molecule has 0 unspecified atom stereocenters. The van der Waals surface area contributed by atoms with Gasteiger partial charge in [-0.25, -0.2) is 0 Å². The number of nitrogens with zero attached hydrogens (tertiary/aromatic N) is 3. The van der Waals surface area contributed by atoms with Gasteiger partial charge in [-0.3, -0.25) is 4.68 Å². The molecule has 0 amide bonds. The molecule has 0 aliphatic rings. The quantitative estimate of drug-likeness (QED) is 0.628. The molecule has 1 aromatic rings. The summed E-state index contributed by atoms with van der Waals surface area (Å²) in [5, 5.41) is 11.5. The summed E-state index contributed by atoms with van der Waals surface area (Å²) in [7, 11) is 1.67. The summed E-state index contributed by atoms with van der Waals surface area (Å²) < 4.78 is 12.1. The topological polar surface area (TPSA) is 61.2 Å². The summed E-state index contributed by atoms with van der Waals surface area (Å²) in [6.07, 6.45) is 2.91. The van der Waals surface area contributed by atoms with E-state index in [1.165, 1.54) is 0 Å². The second-order valence-corrected chi connectivity index (χ2v) is 4.47. The number of nitrogens with one attached hydrogen (secondary N) is 1. The van der Waals surface area contributed by atoms with Gasteiger partial charge < -0.3 is 14.8 Å². The fraction of sp³-hybridized carbons (Fsp3) is 0.833. The van der Waals surface area contributed by atoms with Crippen LogP contribution in [0.5, 0.6) is 0 Å². The summed E-state index contributed by atoms with van der Waals surface area (Å²) in [4.78, 5) is 0. The van der Waals surface area contributed by atoms with E-state index in [9.17, 15) is 0 Å². The molecule has 0 fully saturated rings. The second-order valence-electron chi connectivity index (χ2n) is 4.47. The Balaban J connectivity index is 2.11. The highest BCUT2D eigenvalue weighted by molar-refractivity contribution is 4.91. The number of hydrogen-bond donors (Lipinski definition) is 1. The maximum Gasteiger partial charge on any atom is 0.0964 e. The van der Waals surface area contributed by atoms with Gasteiger partial charge in [0.1, 0.15) is 0 Å². The zero-order valence-electron chi connectivity index (χ0n) is 11.6. The summed E-state index contributed by atoms with van der Waals surface area (Å²) in [5.41, 5.74) is 0.976. The number of ether oxygens (including phenoxy) is 2. The Bertz CT molecular complexity index is 315. The van der Waals surface area contributed by atoms with E-state index >= 15 is 0 Å². The molecule has 1 heterocycles. The molecule has 0 aromatic carbocycles. The van der Waals surface area contributed by atoms with Gasteiger partial charge in [0.05, 0.1) is 18.9 Å². The molecule has 0 spiro atoms. The van der Waals surface area contributed by atoms with Crippen molar-refractivity contribution < 1.29 is 9.47 Å². The van der Waals surface area contributed by atoms with E-state index in [-0.39, 0.29) is 0 Å². The molecule has 1 aromatic heterocycles. The number of hydrogen-bond acceptors (Lipinski definition) is 5. The van der Waals surface area contributed by atoms with Gasteiger partial charge in [-0.1, -0.05) is 19.1 Å². The summed E-state index contributed by atoms with van der Waals surface area (Å²) in [6.45, 7) is 7.85. The van der Waals surface area contributed by atoms with Crippen LogP contribution in [0.4, 0.5) is 0 Å². The first kappa shape index (κ1) is 15.1. The lowest BCUT2D eigenvalue weighted by molar-refractivity contribution is 0.0676. The molecule has 0 saturated heterocycles. The Labute approximate surface area is 109 Å². The minimum atomic E-state index is 0.462. The van der Waals surface area contributed by atoms with Gasteiger partial charge in [-0.2, -0.15) is 0 Å². The van der Waals surface area contributed by atoms with Crippen LogP contribution in [0.3, 0.4) is 0 Å². The van der Waals surface area contributed by atoms with Crippen LogP contribution in [-0.4, -0.2) is 48.0 Å². The van der Waals surface area contributed by atoms with E-state index in [0.717, 1.165) is 31.8 Å². The number of aromatic nitrogens is 3. The lowest BCUT2D eigenvalue weighted by Gasteiger charge is -2.04. The largest absolute Gasteiger partial charge is 0.382 e. The average molecular weight is 256 g/mol. The van der Waals surface area contributed by atoms with E-state index in [1.54, 1.807) is 7.11 Å². The maximum atomic E-state index is 5.38. The molecule has 0 radical (unpaired) electrons. The van der Waals surface area contributed by atoms with Crippen molar-refractivity contribution in [2.24, 2.45) is 0 Å². The van der Waals surface area contributed by atoms with Crippen molar-refractivity contribution in [3.8, 4) is 0 Å². The Morgan fingerprint density at radius 3 is 2.89 bits per heavy atom. The fourth-order valence-electron chi connectivity index (χ4n) is 1.41. The monoisotopic (exact) mass is 256 g/mol. The van der Waals surface area contributed by atoms with E-state index in [2.05, 4.69) is 29.5 Å². The minimum Gasteiger partial charge on any atom is -0.382 e. The van der Waals surface area contributed by atoms with Crippen molar-refractivity contribution in [3.63, 3.8) is 0 Å². The summed E-state index contributed by atoms with van der Waals surface area (Å²) in [5.74, 6) is 0. The number of methoxy groups -OCH3 is 1. The van der Waals surface area contributed by atoms with Gasteiger partial charge >= 0.3 is 0 Å². The van der Waals surface area contributed by atoms with Gasteiger partial charge in [0, 0.05) is 39.0 Å². The molecule has 6 heteroatoms. The maximum absolute atomic E-state index is 5.38. The molecule has 1 N–H and O–H groups in total. The molecule has 0 aliphatic carbocycles. The number of aryl methyl sites for hydroxylation is 1. The lowest BCUT2D eigenvalue weighted by Crippen LogP contribution is -2.21. The van der Waals surface area contributed by atoms with Crippen molar-refractivity contribution in [3.05, 3.63) is 11.9 Å². The van der Waals surface area contributed by atoms with E-state index in [0.29, 0.717) is 19.3 Å². The molecule has 0 aliphatic heterocycles. The van der Waals surface area contributed by atoms with Crippen LogP contribution in [0.2, 0.25) is 0 Å². The molecule has 6 nitrogen and oxygen atoms in total. The molecule has 104 valence electrons. The van der Waals surface area contributed by atoms with Gasteiger partial charge in [-0.05, 0) is 6.42 Å². The average Bonchev–Trinajstić information content (AvgIpc) is 2.79. The highest BCUT2D eigenvalue weighted by Crippen LogP contribution is 1.96. The van der Waals surface area contributed by atoms with Crippen molar-refractivity contribution >= 4 is 0 Å². The van der Waals surface area contributed by atoms with Crippen molar-refractivity contribution in [1.82, 2.24) is 20.3 Å². The highest BCUT2D eigenvalue weighted by atomic mass is 16.5. The predicted octanol–water partition coefficient (Wildman–Crippen LogP) is 0.829. The lowest BCUT2D eigenvalue weighted by atomic mass is 10.3. The first-order valence-corrected chi connectivity index (χ1v) is 6.41. The predicted molar refractivity (Wildman–Crippen MR) is 69.3 cm³/mol. The Kier molecular flexibility index (Phi) is 7.55. The van der Waals surface area contributed by atoms with Crippen LogP contribution in [0, 0.1) is 0 Å². The van der Waals surface area contributed by atoms with Crippen LogP contribution in [-0.2, 0) is 22.6 Å². The van der Waals surface area contributed by atoms with E-state index in [1.807, 2.05) is 10.9 Å². The first-order chi connectivity index (χ1) is 8.72. The van der Waals surface area contributed by atoms with Crippen LogP contribution in [0.25, 0.3) is 0 Å². The molecule has 18 heavy (non-hydrogen) atoms. The Morgan fingerprint density at radius 1 is 1.33 bits per heavy atom. The van der Waals surface area contributed by atoms with Crippen LogP contribution in [0.15, 0.2) is 6.20 Å². The molecule has 0 saturated carbocycles. The smallest absolute Gasteiger partial charge is 0.0964 e. The summed E-state index contributed by atoms with van der Waals surface area (Å²) in [6, 6.07) is 0.462. The number of rotatable bonds is 10. The van der Waals surface area contributed by atoms with Crippen molar-refractivity contribution in [2.45, 2.75) is 39.4 Å². The fourth-order valence-corrected chi connectivity index (χ4v) is 1.41. The zero-order valence-corrected chi connectivity index (χ0v) is 11.6. The molecule has 0 bridgehead atoms. The Morgan fingerprint density at radius 2 is 2.17 bits per heavy atom. The SMILES string of the molecule is COCCOCCCn1cc(CNC(C)C)nn1. The van der Waals surface area contributed by atoms with Gasteiger partial charge in [-0.15, -0.1) is 5.10 Å². The zero-order chi connectivity index (χ0) is 13.2. The molecular formula is C12H24N4O2. The highest BCUT2D eigenvalue weighted by Gasteiger charge is 2.01. The third-order valence-electron chi connectivity index (χ3n) is 2.39. The van der Waals surface area contributed by atoms with Crippen LogP contribution in [0.1, 0.15) is 26.0 Å². The molecular weight excluding hydrogens is 232 g/mol. The van der Waals surface area contributed by atoms with Crippen molar-refractivity contribution in [2.75, 3.05) is 26.9 Å². The minimum absolute atomic E-state index is 0.462. The standard InChI is InChI=1S/C12H24N4O2/c1-11(2)13-9-12-10-16(15-14-12)5-4-6-18-8-7-17-3/h10-11,13H,4-9H2,1-3H3. The van der Waals surface area contributed by atoms with Gasteiger partial charge in [0.25, 0.3) is 0 Å². The van der Waals surface area contributed by atoms with Crippen LogP contribution < -0.4 is 5.32 Å². The molecule has 1 rings (SSSR count). The van der Waals surface area contributed by atoms with Gasteiger partial charge in [0.2, 0.25) is 0 Å². The van der Waals surface area contributed by atoms with Crippen molar-refractivity contribution in [1.29, 1.82) is 0 Å². The third-order valence-corrected chi connectivity index (χ3v) is 2.39. The molecule has 0 atom stereocenters. The van der Waals surface area contributed by atoms with Crippen LogP contribution >= 0.6 is 0 Å².